The summed E-state index contributed by atoms with van der Waals surface area (Å²) in [4.78, 5) is 25.3. The second kappa shape index (κ2) is 9.76. The molecule has 0 aliphatic rings. The number of esters is 1. The summed E-state index contributed by atoms with van der Waals surface area (Å²) in [7, 11) is 1.49. The number of hydrogen-bond acceptors (Lipinski definition) is 5. The highest BCUT2D eigenvalue weighted by molar-refractivity contribution is 5.88. The molecule has 8 heteroatoms. The lowest BCUT2D eigenvalue weighted by Crippen LogP contribution is -2.25. The molecule has 0 radical (unpaired) electrons. The molecule has 0 atom stereocenters. The molecule has 0 aliphatic heterocycles. The fourth-order valence-corrected chi connectivity index (χ4v) is 3.81. The Hall–Kier alpha value is -4.07. The molecular weight excluding hydrogens is 485 g/mol. The first-order valence-corrected chi connectivity index (χ1v) is 11.5. The first-order valence-electron chi connectivity index (χ1n) is 11.5. The van der Waals surface area contributed by atoms with Crippen LogP contribution in [0.3, 0.4) is 0 Å². The minimum Gasteiger partial charge on any atom is -0.497 e. The smallest absolute Gasteiger partial charge is 0.416 e. The molecule has 4 aromatic rings. The summed E-state index contributed by atoms with van der Waals surface area (Å²) in [6, 6.07) is 16.3. The highest BCUT2D eigenvalue weighted by Gasteiger charge is 2.30. The Bertz CT molecular complexity index is 1490. The SMILES string of the molecule is COc1ccc2c(Cc3ccc(OC(=O)C(C)(C)C)cc3)c(-c3ccc(C(F)(F)F)cc3)c(=O)oc2c1. The molecule has 3 aromatic carbocycles. The maximum Gasteiger partial charge on any atom is 0.416 e. The van der Waals surface area contributed by atoms with Crippen molar-refractivity contribution in [1.82, 2.24) is 0 Å². The molecule has 4 rings (SSSR count). The van der Waals surface area contributed by atoms with Crippen LogP contribution in [0.5, 0.6) is 11.5 Å². The van der Waals surface area contributed by atoms with Crippen molar-refractivity contribution in [3.8, 4) is 22.6 Å². The van der Waals surface area contributed by atoms with Gasteiger partial charge in [-0.15, -0.1) is 0 Å². The molecule has 0 N–H and O–H groups in total. The number of benzene rings is 3. The average Bonchev–Trinajstić information content (AvgIpc) is 2.83. The Kier molecular flexibility index (Phi) is 6.86. The molecule has 192 valence electrons. The fourth-order valence-electron chi connectivity index (χ4n) is 3.81. The highest BCUT2D eigenvalue weighted by Crippen LogP contribution is 2.34. The van der Waals surface area contributed by atoms with Gasteiger partial charge in [0, 0.05) is 11.5 Å². The second-order valence-corrected chi connectivity index (χ2v) is 9.64. The summed E-state index contributed by atoms with van der Waals surface area (Å²) in [5.74, 6) is 0.508. The molecule has 37 heavy (non-hydrogen) atoms. The van der Waals surface area contributed by atoms with E-state index in [0.29, 0.717) is 33.6 Å². The van der Waals surface area contributed by atoms with Crippen LogP contribution < -0.4 is 15.1 Å². The molecule has 0 aliphatic carbocycles. The third-order valence-electron chi connectivity index (χ3n) is 5.85. The van der Waals surface area contributed by atoms with E-state index in [1.54, 1.807) is 63.2 Å². The lowest BCUT2D eigenvalue weighted by Gasteiger charge is -2.16. The van der Waals surface area contributed by atoms with E-state index in [9.17, 15) is 22.8 Å². The van der Waals surface area contributed by atoms with Crippen molar-refractivity contribution in [2.24, 2.45) is 5.41 Å². The molecule has 0 spiro atoms. The molecule has 1 aromatic heterocycles. The van der Waals surface area contributed by atoms with Gasteiger partial charge >= 0.3 is 17.8 Å². The molecule has 0 saturated heterocycles. The normalized spacial score (nSPS) is 12.0. The number of carbonyl (C=O) groups is 1. The Morgan fingerprint density at radius 3 is 2.08 bits per heavy atom. The van der Waals surface area contributed by atoms with Crippen molar-refractivity contribution in [2.45, 2.75) is 33.4 Å². The van der Waals surface area contributed by atoms with Gasteiger partial charge in [-0.3, -0.25) is 4.79 Å². The molecule has 0 unspecified atom stereocenters. The number of carbonyl (C=O) groups excluding carboxylic acids is 1. The molecule has 0 amide bonds. The van der Waals surface area contributed by atoms with E-state index in [2.05, 4.69) is 0 Å². The third kappa shape index (κ3) is 5.69. The van der Waals surface area contributed by atoms with Gasteiger partial charge in [0.05, 0.1) is 23.7 Å². The molecular formula is C29H25F3O5. The zero-order valence-electron chi connectivity index (χ0n) is 20.7. The van der Waals surface area contributed by atoms with E-state index in [0.717, 1.165) is 17.7 Å². The topological polar surface area (TPSA) is 65.7 Å². The van der Waals surface area contributed by atoms with E-state index >= 15 is 0 Å². The molecule has 5 nitrogen and oxygen atoms in total. The Morgan fingerprint density at radius 2 is 1.51 bits per heavy atom. The minimum atomic E-state index is -4.50. The number of ether oxygens (including phenoxy) is 2. The average molecular weight is 511 g/mol. The van der Waals surface area contributed by atoms with Gasteiger partial charge in [-0.1, -0.05) is 24.3 Å². The first kappa shape index (κ1) is 26.0. The summed E-state index contributed by atoms with van der Waals surface area (Å²) in [6.07, 6.45) is -4.22. The van der Waals surface area contributed by atoms with Crippen molar-refractivity contribution >= 4 is 16.9 Å². The summed E-state index contributed by atoms with van der Waals surface area (Å²) >= 11 is 0. The quantitative estimate of drug-likeness (QED) is 0.164. The molecule has 0 bridgehead atoms. The monoisotopic (exact) mass is 510 g/mol. The van der Waals surface area contributed by atoms with Gasteiger partial charge in [0.2, 0.25) is 0 Å². The van der Waals surface area contributed by atoms with Gasteiger partial charge in [0.15, 0.2) is 0 Å². The van der Waals surface area contributed by atoms with Crippen LogP contribution >= 0.6 is 0 Å². The predicted molar refractivity (Wildman–Crippen MR) is 134 cm³/mol. The van der Waals surface area contributed by atoms with E-state index < -0.39 is 22.8 Å². The van der Waals surface area contributed by atoms with Crippen molar-refractivity contribution in [1.29, 1.82) is 0 Å². The molecule has 1 heterocycles. The highest BCUT2D eigenvalue weighted by atomic mass is 19.4. The van der Waals surface area contributed by atoms with Crippen molar-refractivity contribution in [2.75, 3.05) is 7.11 Å². The van der Waals surface area contributed by atoms with E-state index in [4.69, 9.17) is 13.9 Å². The van der Waals surface area contributed by atoms with Crippen LogP contribution in [0.2, 0.25) is 0 Å². The van der Waals surface area contributed by atoms with Crippen molar-refractivity contribution in [3.63, 3.8) is 0 Å². The number of hydrogen-bond donors (Lipinski definition) is 0. The summed E-state index contributed by atoms with van der Waals surface area (Å²) in [5, 5.41) is 0.624. The van der Waals surface area contributed by atoms with E-state index in [-0.39, 0.29) is 18.0 Å². The van der Waals surface area contributed by atoms with Crippen LogP contribution in [-0.2, 0) is 17.4 Å². The van der Waals surface area contributed by atoms with Crippen LogP contribution in [0.25, 0.3) is 22.1 Å². The van der Waals surface area contributed by atoms with Crippen LogP contribution in [0.15, 0.2) is 75.9 Å². The van der Waals surface area contributed by atoms with Gasteiger partial charge < -0.3 is 13.9 Å². The Balaban J connectivity index is 1.79. The predicted octanol–water partition coefficient (Wildman–Crippen LogP) is 7.03. The van der Waals surface area contributed by atoms with Gasteiger partial charge in [0.1, 0.15) is 17.1 Å². The zero-order valence-corrected chi connectivity index (χ0v) is 20.7. The fraction of sp³-hybridized carbons (Fsp3) is 0.241. The first-order chi connectivity index (χ1) is 17.4. The third-order valence-corrected chi connectivity index (χ3v) is 5.85. The van der Waals surface area contributed by atoms with Gasteiger partial charge in [0.25, 0.3) is 0 Å². The largest absolute Gasteiger partial charge is 0.497 e. The van der Waals surface area contributed by atoms with E-state index in [1.807, 2.05) is 0 Å². The maximum absolute atomic E-state index is 13.1. The molecule has 0 fully saturated rings. The Labute approximate surface area is 211 Å². The van der Waals surface area contributed by atoms with Gasteiger partial charge in [-0.2, -0.15) is 13.2 Å². The van der Waals surface area contributed by atoms with Crippen molar-refractivity contribution < 1.29 is 31.9 Å². The minimum absolute atomic E-state index is 0.176. The number of fused-ring (bicyclic) bond motifs is 1. The number of rotatable bonds is 5. The lowest BCUT2D eigenvalue weighted by molar-refractivity contribution is -0.143. The maximum atomic E-state index is 13.1. The van der Waals surface area contributed by atoms with Crippen LogP contribution in [0.1, 0.15) is 37.5 Å². The summed E-state index contributed by atoms with van der Waals surface area (Å²) < 4.78 is 55.5. The molecule has 0 saturated carbocycles. The van der Waals surface area contributed by atoms with E-state index in [1.165, 1.54) is 19.2 Å². The summed E-state index contributed by atoms with van der Waals surface area (Å²) in [6.45, 7) is 5.27. The Morgan fingerprint density at radius 1 is 0.892 bits per heavy atom. The number of halogens is 3. The zero-order chi connectivity index (χ0) is 27.0. The number of methoxy groups -OCH3 is 1. The second-order valence-electron chi connectivity index (χ2n) is 9.64. The van der Waals surface area contributed by atoms with Crippen molar-refractivity contribution in [3.05, 3.63) is 93.8 Å². The van der Waals surface area contributed by atoms with Crippen LogP contribution in [0, 0.1) is 5.41 Å². The van der Waals surface area contributed by atoms with Gasteiger partial charge in [-0.25, -0.2) is 4.79 Å². The number of alkyl halides is 3. The summed E-state index contributed by atoms with van der Waals surface area (Å²) in [5.41, 5.74) is 0.0252. The van der Waals surface area contributed by atoms with Crippen LogP contribution in [0.4, 0.5) is 13.2 Å². The van der Waals surface area contributed by atoms with Crippen LogP contribution in [-0.4, -0.2) is 13.1 Å². The van der Waals surface area contributed by atoms with Gasteiger partial charge in [-0.05, 0) is 80.3 Å². The standard InChI is InChI=1S/C29H25F3O5/c1-28(2,3)27(34)36-20-11-5-17(6-12-20)15-23-22-14-13-21(35-4)16-24(22)37-26(33)25(23)18-7-9-19(10-8-18)29(30,31)32/h5-14,16H,15H2,1-4H3. The lowest BCUT2D eigenvalue weighted by atomic mass is 9.93.